The van der Waals surface area contributed by atoms with E-state index in [0.29, 0.717) is 30.1 Å². The Kier molecular flexibility index (Phi) is 4.26. The summed E-state index contributed by atoms with van der Waals surface area (Å²) in [7, 11) is 0. The minimum Gasteiger partial charge on any atom is -0.372 e. The van der Waals surface area contributed by atoms with Crippen LogP contribution in [0.2, 0.25) is 0 Å². The van der Waals surface area contributed by atoms with E-state index in [1.54, 1.807) is 10.6 Å². The van der Waals surface area contributed by atoms with Crippen LogP contribution in [-0.2, 0) is 10.9 Å². The van der Waals surface area contributed by atoms with Gasteiger partial charge in [-0.15, -0.1) is 15.3 Å². The van der Waals surface area contributed by atoms with Crippen LogP contribution in [0, 0.1) is 0 Å². The van der Waals surface area contributed by atoms with Crippen LogP contribution < -0.4 is 4.90 Å². The molecule has 3 heterocycles. The zero-order valence-electron chi connectivity index (χ0n) is 14.8. The summed E-state index contributed by atoms with van der Waals surface area (Å²) in [6.45, 7) is 5.43. The molecule has 0 saturated carbocycles. The summed E-state index contributed by atoms with van der Waals surface area (Å²) < 4.78 is 45.6. The Labute approximate surface area is 153 Å². The maximum absolute atomic E-state index is 12.8. The van der Waals surface area contributed by atoms with Gasteiger partial charge in [0, 0.05) is 18.7 Å². The predicted octanol–water partition coefficient (Wildman–Crippen LogP) is 3.42. The largest absolute Gasteiger partial charge is 0.416 e. The van der Waals surface area contributed by atoms with Crippen LogP contribution in [0.15, 0.2) is 36.4 Å². The molecule has 1 aromatic carbocycles. The molecule has 2 atom stereocenters. The van der Waals surface area contributed by atoms with E-state index in [1.165, 1.54) is 12.1 Å². The van der Waals surface area contributed by atoms with Gasteiger partial charge in [0.05, 0.1) is 17.8 Å². The second-order valence-electron chi connectivity index (χ2n) is 6.72. The third-order valence-electron chi connectivity index (χ3n) is 4.46. The second-order valence-corrected chi connectivity index (χ2v) is 6.72. The molecule has 0 aliphatic carbocycles. The molecule has 0 amide bonds. The summed E-state index contributed by atoms with van der Waals surface area (Å²) >= 11 is 0. The first kappa shape index (κ1) is 17.7. The number of fused-ring (bicyclic) bond motifs is 1. The number of benzene rings is 1. The van der Waals surface area contributed by atoms with Gasteiger partial charge in [0.2, 0.25) is 0 Å². The molecule has 1 aliphatic heterocycles. The van der Waals surface area contributed by atoms with Gasteiger partial charge < -0.3 is 9.64 Å². The molecule has 142 valence electrons. The Morgan fingerprint density at radius 3 is 2.26 bits per heavy atom. The van der Waals surface area contributed by atoms with E-state index in [1.807, 2.05) is 19.9 Å². The molecule has 6 nitrogen and oxygen atoms in total. The Morgan fingerprint density at radius 2 is 1.63 bits per heavy atom. The lowest BCUT2D eigenvalue weighted by atomic mass is 10.1. The van der Waals surface area contributed by atoms with Crippen molar-refractivity contribution in [3.05, 3.63) is 42.0 Å². The highest BCUT2D eigenvalue weighted by atomic mass is 19.4. The van der Waals surface area contributed by atoms with Crippen LogP contribution >= 0.6 is 0 Å². The molecule has 0 bridgehead atoms. The number of anilines is 1. The predicted molar refractivity (Wildman–Crippen MR) is 93.4 cm³/mol. The number of rotatable bonds is 2. The molecule has 1 saturated heterocycles. The Balaban J connectivity index is 1.70. The molecule has 0 unspecified atom stereocenters. The lowest BCUT2D eigenvalue weighted by molar-refractivity contribution is -0.137. The minimum atomic E-state index is -4.37. The maximum atomic E-state index is 12.8. The summed E-state index contributed by atoms with van der Waals surface area (Å²) in [6, 6.07) is 8.50. The van der Waals surface area contributed by atoms with Gasteiger partial charge in [-0.05, 0) is 38.1 Å². The number of hydrogen-bond donors (Lipinski definition) is 0. The van der Waals surface area contributed by atoms with E-state index in [2.05, 4.69) is 20.2 Å². The van der Waals surface area contributed by atoms with E-state index in [-0.39, 0.29) is 12.2 Å². The number of hydrogen-bond acceptors (Lipinski definition) is 5. The van der Waals surface area contributed by atoms with Crippen molar-refractivity contribution in [2.45, 2.75) is 32.2 Å². The van der Waals surface area contributed by atoms with E-state index in [4.69, 9.17) is 4.74 Å². The SMILES string of the molecule is C[C@H]1CN(c2ccc3nnc(-c4ccc(C(F)(F)F)cc4)n3n2)C[C@H](C)O1. The van der Waals surface area contributed by atoms with Crippen molar-refractivity contribution in [3.63, 3.8) is 0 Å². The van der Waals surface area contributed by atoms with Gasteiger partial charge >= 0.3 is 6.18 Å². The van der Waals surface area contributed by atoms with Gasteiger partial charge in [-0.2, -0.15) is 17.7 Å². The van der Waals surface area contributed by atoms with Crippen molar-refractivity contribution in [3.8, 4) is 11.4 Å². The normalized spacial score (nSPS) is 21.0. The minimum absolute atomic E-state index is 0.0848. The molecule has 2 aromatic heterocycles. The number of halogens is 3. The smallest absolute Gasteiger partial charge is 0.372 e. The van der Waals surface area contributed by atoms with Crippen molar-refractivity contribution < 1.29 is 17.9 Å². The molecule has 4 rings (SSSR count). The number of ether oxygens (including phenoxy) is 1. The fourth-order valence-corrected chi connectivity index (χ4v) is 3.30. The third-order valence-corrected chi connectivity index (χ3v) is 4.46. The topological polar surface area (TPSA) is 55.6 Å². The van der Waals surface area contributed by atoms with Crippen LogP contribution in [0.4, 0.5) is 19.0 Å². The third kappa shape index (κ3) is 3.46. The molecule has 0 spiro atoms. The highest BCUT2D eigenvalue weighted by Gasteiger charge is 2.30. The van der Waals surface area contributed by atoms with Crippen LogP contribution in [0.25, 0.3) is 17.0 Å². The summed E-state index contributed by atoms with van der Waals surface area (Å²) in [5.41, 5.74) is 0.344. The molecule has 3 aromatic rings. The van der Waals surface area contributed by atoms with Crippen molar-refractivity contribution in [2.75, 3.05) is 18.0 Å². The summed E-state index contributed by atoms with van der Waals surface area (Å²) in [6.07, 6.45) is -4.20. The molecule has 1 aliphatic rings. The molecule has 9 heteroatoms. The van der Waals surface area contributed by atoms with Crippen LogP contribution in [0.1, 0.15) is 19.4 Å². The van der Waals surface area contributed by atoms with E-state index in [0.717, 1.165) is 18.0 Å². The van der Waals surface area contributed by atoms with Gasteiger partial charge in [0.25, 0.3) is 0 Å². The van der Waals surface area contributed by atoms with Gasteiger partial charge in [-0.1, -0.05) is 12.1 Å². The van der Waals surface area contributed by atoms with E-state index >= 15 is 0 Å². The van der Waals surface area contributed by atoms with E-state index < -0.39 is 11.7 Å². The zero-order chi connectivity index (χ0) is 19.2. The summed E-state index contributed by atoms with van der Waals surface area (Å²) in [5, 5.41) is 12.8. The standard InChI is InChI=1S/C18H18F3N5O/c1-11-9-25(10-12(2)27-11)16-8-7-15-22-23-17(26(15)24-16)13-3-5-14(6-4-13)18(19,20)21/h3-8,11-12H,9-10H2,1-2H3/t11-,12-/m0/s1. The Hall–Kier alpha value is -2.68. The van der Waals surface area contributed by atoms with E-state index in [9.17, 15) is 13.2 Å². The first-order valence-corrected chi connectivity index (χ1v) is 8.62. The molecular formula is C18H18F3N5O. The molecular weight excluding hydrogens is 359 g/mol. The van der Waals surface area contributed by atoms with Gasteiger partial charge in [-0.3, -0.25) is 0 Å². The summed E-state index contributed by atoms with van der Waals surface area (Å²) in [5.74, 6) is 1.15. The number of nitrogens with zero attached hydrogens (tertiary/aromatic N) is 5. The average molecular weight is 377 g/mol. The fraction of sp³-hybridized carbons (Fsp3) is 0.389. The molecule has 27 heavy (non-hydrogen) atoms. The highest BCUT2D eigenvalue weighted by molar-refractivity contribution is 5.60. The Bertz CT molecular complexity index is 944. The monoisotopic (exact) mass is 377 g/mol. The van der Waals surface area contributed by atoms with Gasteiger partial charge in [0.15, 0.2) is 11.5 Å². The first-order valence-electron chi connectivity index (χ1n) is 8.62. The van der Waals surface area contributed by atoms with Crippen LogP contribution in [0.5, 0.6) is 0 Å². The van der Waals surface area contributed by atoms with Crippen LogP contribution in [0.3, 0.4) is 0 Å². The zero-order valence-corrected chi connectivity index (χ0v) is 14.8. The quantitative estimate of drug-likeness (QED) is 0.685. The highest BCUT2D eigenvalue weighted by Crippen LogP contribution is 2.30. The number of alkyl halides is 3. The molecule has 0 N–H and O–H groups in total. The lowest BCUT2D eigenvalue weighted by Gasteiger charge is -2.35. The maximum Gasteiger partial charge on any atom is 0.416 e. The number of morpholine rings is 1. The van der Waals surface area contributed by atoms with Gasteiger partial charge in [-0.25, -0.2) is 0 Å². The lowest BCUT2D eigenvalue weighted by Crippen LogP contribution is -2.46. The molecule has 0 radical (unpaired) electrons. The summed E-state index contributed by atoms with van der Waals surface area (Å²) in [4.78, 5) is 2.12. The van der Waals surface area contributed by atoms with Gasteiger partial charge in [0.1, 0.15) is 5.82 Å². The Morgan fingerprint density at radius 1 is 0.963 bits per heavy atom. The van der Waals surface area contributed by atoms with Crippen molar-refractivity contribution in [2.24, 2.45) is 0 Å². The van der Waals surface area contributed by atoms with Crippen LogP contribution in [-0.4, -0.2) is 45.1 Å². The van der Waals surface area contributed by atoms with Crippen molar-refractivity contribution >= 4 is 11.5 Å². The second kappa shape index (κ2) is 6.49. The number of aromatic nitrogens is 4. The van der Waals surface area contributed by atoms with Crippen molar-refractivity contribution in [1.82, 2.24) is 19.8 Å². The first-order chi connectivity index (χ1) is 12.8. The fourth-order valence-electron chi connectivity index (χ4n) is 3.30. The average Bonchev–Trinajstić information content (AvgIpc) is 3.03. The van der Waals surface area contributed by atoms with Crippen molar-refractivity contribution in [1.29, 1.82) is 0 Å². The molecule has 1 fully saturated rings.